The maximum absolute atomic E-state index is 13.0. The number of nitrogen functional groups attached to an aromatic ring is 1. The summed E-state index contributed by atoms with van der Waals surface area (Å²) in [7, 11) is 1.55. The Labute approximate surface area is 143 Å². The predicted molar refractivity (Wildman–Crippen MR) is 95.6 cm³/mol. The minimum absolute atomic E-state index is 0.112. The molecule has 3 aromatic rings. The van der Waals surface area contributed by atoms with Gasteiger partial charge in [0.05, 0.1) is 22.6 Å². The van der Waals surface area contributed by atoms with Crippen LogP contribution in [0.15, 0.2) is 54.6 Å². The fourth-order valence-corrected chi connectivity index (χ4v) is 3.50. The van der Waals surface area contributed by atoms with Crippen molar-refractivity contribution in [3.63, 3.8) is 0 Å². The second kappa shape index (κ2) is 6.44. The Balaban J connectivity index is 2.12. The van der Waals surface area contributed by atoms with Crippen LogP contribution in [0.2, 0.25) is 5.02 Å². The maximum atomic E-state index is 13.0. The van der Waals surface area contributed by atoms with Crippen LogP contribution >= 0.6 is 22.9 Å². The number of rotatable bonds is 4. The lowest BCUT2D eigenvalue weighted by Gasteiger charge is -2.08. The first kappa shape index (κ1) is 15.6. The summed E-state index contributed by atoms with van der Waals surface area (Å²) in [5.41, 5.74) is 8.11. The molecule has 0 atom stereocenters. The van der Waals surface area contributed by atoms with Crippen molar-refractivity contribution in [1.82, 2.24) is 0 Å². The Morgan fingerprint density at radius 3 is 2.65 bits per heavy atom. The number of thiophene rings is 1. The van der Waals surface area contributed by atoms with Gasteiger partial charge in [0.2, 0.25) is 5.78 Å². The molecule has 116 valence electrons. The molecule has 2 aromatic carbocycles. The van der Waals surface area contributed by atoms with Crippen LogP contribution in [0, 0.1) is 0 Å². The largest absolute Gasteiger partial charge is 0.496 e. The number of ether oxygens (including phenoxy) is 1. The molecule has 0 amide bonds. The van der Waals surface area contributed by atoms with Gasteiger partial charge in [-0.3, -0.25) is 4.79 Å². The molecule has 3 rings (SSSR count). The van der Waals surface area contributed by atoms with Gasteiger partial charge < -0.3 is 10.5 Å². The second-order valence-corrected chi connectivity index (χ2v) is 6.45. The normalized spacial score (nSPS) is 10.5. The van der Waals surface area contributed by atoms with Crippen molar-refractivity contribution >= 4 is 33.7 Å². The van der Waals surface area contributed by atoms with Crippen LogP contribution in [-0.4, -0.2) is 12.9 Å². The minimum atomic E-state index is -0.112. The number of ketones is 1. The summed E-state index contributed by atoms with van der Waals surface area (Å²) < 4.78 is 5.29. The first-order valence-electron chi connectivity index (χ1n) is 6.93. The van der Waals surface area contributed by atoms with Crippen LogP contribution in [0.3, 0.4) is 0 Å². The van der Waals surface area contributed by atoms with Gasteiger partial charge in [-0.05, 0) is 35.9 Å². The smallest absolute Gasteiger partial charge is 0.207 e. The average molecular weight is 344 g/mol. The highest BCUT2D eigenvalue weighted by Crippen LogP contribution is 2.36. The number of hydrogen-bond donors (Lipinski definition) is 1. The van der Waals surface area contributed by atoms with Crippen molar-refractivity contribution < 1.29 is 9.53 Å². The molecule has 0 bridgehead atoms. The van der Waals surface area contributed by atoms with E-state index in [9.17, 15) is 4.79 Å². The van der Waals surface area contributed by atoms with E-state index >= 15 is 0 Å². The number of anilines is 1. The van der Waals surface area contributed by atoms with Gasteiger partial charge >= 0.3 is 0 Å². The minimum Gasteiger partial charge on any atom is -0.496 e. The summed E-state index contributed by atoms with van der Waals surface area (Å²) in [6, 6.07) is 16.3. The molecule has 0 radical (unpaired) electrons. The van der Waals surface area contributed by atoms with Crippen molar-refractivity contribution in [1.29, 1.82) is 0 Å². The number of benzene rings is 2. The topological polar surface area (TPSA) is 52.3 Å². The monoisotopic (exact) mass is 343 g/mol. The lowest BCUT2D eigenvalue weighted by Crippen LogP contribution is -2.03. The summed E-state index contributed by atoms with van der Waals surface area (Å²) in [6.45, 7) is 0. The average Bonchev–Trinajstić information content (AvgIpc) is 2.96. The Hall–Kier alpha value is -2.30. The van der Waals surface area contributed by atoms with Crippen molar-refractivity contribution in [3.8, 4) is 16.9 Å². The molecule has 0 aliphatic carbocycles. The molecule has 2 N–H and O–H groups in total. The Morgan fingerprint density at radius 1 is 1.13 bits per heavy atom. The van der Waals surface area contributed by atoms with E-state index in [2.05, 4.69) is 0 Å². The highest BCUT2D eigenvalue weighted by Gasteiger charge is 2.21. The molecule has 0 aliphatic rings. The number of halogens is 1. The standard InChI is InChI=1S/C18H14ClNO2S/c1-22-15-8-3-2-7-13(15)17(21)18-14(10-16(20)23-18)11-5-4-6-12(19)9-11/h2-10H,20H2,1H3. The number of carbonyl (C=O) groups is 1. The quantitative estimate of drug-likeness (QED) is 0.686. The molecule has 0 fully saturated rings. The van der Waals surface area contributed by atoms with Crippen molar-refractivity contribution in [2.45, 2.75) is 0 Å². The third-order valence-corrected chi connectivity index (χ3v) is 4.64. The molecular formula is C18H14ClNO2S. The summed E-state index contributed by atoms with van der Waals surface area (Å²) in [4.78, 5) is 13.5. The third-order valence-electron chi connectivity index (χ3n) is 3.44. The summed E-state index contributed by atoms with van der Waals surface area (Å²) in [6.07, 6.45) is 0. The Bertz CT molecular complexity index is 873. The van der Waals surface area contributed by atoms with Gasteiger partial charge in [0.15, 0.2) is 0 Å². The highest BCUT2D eigenvalue weighted by atomic mass is 35.5. The number of hydrogen-bond acceptors (Lipinski definition) is 4. The zero-order chi connectivity index (χ0) is 16.4. The fraction of sp³-hybridized carbons (Fsp3) is 0.0556. The number of para-hydroxylation sites is 1. The summed E-state index contributed by atoms with van der Waals surface area (Å²) in [5.74, 6) is 0.431. The van der Waals surface area contributed by atoms with E-state index < -0.39 is 0 Å². The van der Waals surface area contributed by atoms with Gasteiger partial charge in [-0.25, -0.2) is 0 Å². The molecule has 0 saturated heterocycles. The predicted octanol–water partition coefficient (Wildman–Crippen LogP) is 4.89. The molecule has 23 heavy (non-hydrogen) atoms. The molecule has 1 heterocycles. The Kier molecular flexibility index (Phi) is 4.37. The summed E-state index contributed by atoms with van der Waals surface area (Å²) >= 11 is 7.33. The van der Waals surface area contributed by atoms with Crippen LogP contribution in [0.5, 0.6) is 5.75 Å². The van der Waals surface area contributed by atoms with E-state index in [0.717, 1.165) is 11.1 Å². The summed E-state index contributed by atoms with van der Waals surface area (Å²) in [5, 5.41) is 1.20. The molecule has 0 saturated carbocycles. The van der Waals surface area contributed by atoms with Gasteiger partial charge in [0.1, 0.15) is 5.75 Å². The SMILES string of the molecule is COc1ccccc1C(=O)c1sc(N)cc1-c1cccc(Cl)c1. The zero-order valence-corrected chi connectivity index (χ0v) is 13.9. The van der Waals surface area contributed by atoms with Crippen molar-refractivity contribution in [2.24, 2.45) is 0 Å². The van der Waals surface area contributed by atoms with Crippen molar-refractivity contribution in [3.05, 3.63) is 70.1 Å². The van der Waals surface area contributed by atoms with Crippen LogP contribution in [0.4, 0.5) is 5.00 Å². The molecule has 3 nitrogen and oxygen atoms in total. The van der Waals surface area contributed by atoms with E-state index in [4.69, 9.17) is 22.1 Å². The third kappa shape index (κ3) is 3.09. The molecule has 0 spiro atoms. The number of carbonyl (C=O) groups excluding carboxylic acids is 1. The van der Waals surface area contributed by atoms with Gasteiger partial charge in [-0.1, -0.05) is 35.9 Å². The number of nitrogens with two attached hydrogens (primary N) is 1. The van der Waals surface area contributed by atoms with E-state index in [-0.39, 0.29) is 5.78 Å². The van der Waals surface area contributed by atoms with Crippen LogP contribution in [0.1, 0.15) is 15.2 Å². The zero-order valence-electron chi connectivity index (χ0n) is 12.4. The highest BCUT2D eigenvalue weighted by molar-refractivity contribution is 7.18. The Morgan fingerprint density at radius 2 is 1.91 bits per heavy atom. The van der Waals surface area contributed by atoms with Gasteiger partial charge in [0, 0.05) is 10.6 Å². The van der Waals surface area contributed by atoms with E-state index in [0.29, 0.717) is 26.2 Å². The maximum Gasteiger partial charge on any atom is 0.207 e. The number of methoxy groups -OCH3 is 1. The fourth-order valence-electron chi connectivity index (χ4n) is 2.40. The van der Waals surface area contributed by atoms with Gasteiger partial charge in [0.25, 0.3) is 0 Å². The van der Waals surface area contributed by atoms with Crippen LogP contribution in [0.25, 0.3) is 11.1 Å². The molecule has 0 unspecified atom stereocenters. The lowest BCUT2D eigenvalue weighted by atomic mass is 10.0. The van der Waals surface area contributed by atoms with Crippen LogP contribution < -0.4 is 10.5 Å². The second-order valence-electron chi connectivity index (χ2n) is 4.93. The lowest BCUT2D eigenvalue weighted by molar-refractivity contribution is 0.104. The molecular weight excluding hydrogens is 330 g/mol. The van der Waals surface area contributed by atoms with Gasteiger partial charge in [-0.15, -0.1) is 11.3 Å². The van der Waals surface area contributed by atoms with E-state index in [1.807, 2.05) is 30.3 Å². The first-order valence-corrected chi connectivity index (χ1v) is 8.12. The van der Waals surface area contributed by atoms with Crippen LogP contribution in [-0.2, 0) is 0 Å². The first-order chi connectivity index (χ1) is 11.1. The molecule has 0 aliphatic heterocycles. The van der Waals surface area contributed by atoms with E-state index in [1.54, 1.807) is 31.4 Å². The van der Waals surface area contributed by atoms with Gasteiger partial charge in [-0.2, -0.15) is 0 Å². The molecule has 1 aromatic heterocycles. The van der Waals surface area contributed by atoms with Crippen molar-refractivity contribution in [2.75, 3.05) is 12.8 Å². The molecule has 5 heteroatoms. The van der Waals surface area contributed by atoms with E-state index in [1.165, 1.54) is 11.3 Å².